The zero-order valence-corrected chi connectivity index (χ0v) is 18.1. The topological polar surface area (TPSA) is 49.4 Å². The van der Waals surface area contributed by atoms with E-state index in [1.807, 2.05) is 50.2 Å². The van der Waals surface area contributed by atoms with Crippen LogP contribution in [0.3, 0.4) is 0 Å². The molecule has 0 bridgehead atoms. The summed E-state index contributed by atoms with van der Waals surface area (Å²) in [5.41, 5.74) is 1.89. The molecule has 1 N–H and O–H groups in total. The summed E-state index contributed by atoms with van der Waals surface area (Å²) < 4.78 is 27.7. The van der Waals surface area contributed by atoms with Gasteiger partial charge in [0, 0.05) is 18.3 Å². The molecule has 0 spiro atoms. The minimum absolute atomic E-state index is 0.110. The molecule has 0 aliphatic heterocycles. The first kappa shape index (κ1) is 23.1. The van der Waals surface area contributed by atoms with Crippen molar-refractivity contribution in [2.24, 2.45) is 5.92 Å². The van der Waals surface area contributed by atoms with Crippen molar-refractivity contribution >= 4 is 17.5 Å². The fourth-order valence-corrected chi connectivity index (χ4v) is 3.25. The van der Waals surface area contributed by atoms with Crippen LogP contribution in [0.4, 0.5) is 14.5 Å². The predicted octanol–water partition coefficient (Wildman–Crippen LogP) is 5.13. The number of nitrogens with zero attached hydrogens (tertiary/aromatic N) is 1. The van der Waals surface area contributed by atoms with E-state index in [2.05, 4.69) is 5.32 Å². The molecule has 166 valence electrons. The third kappa shape index (κ3) is 6.23. The molecular weight excluding hydrogens is 410 g/mol. The van der Waals surface area contributed by atoms with Crippen LogP contribution in [0.25, 0.3) is 0 Å². The van der Waals surface area contributed by atoms with Gasteiger partial charge in [0.2, 0.25) is 5.91 Å². The molecule has 0 radical (unpaired) electrons. The highest BCUT2D eigenvalue weighted by Crippen LogP contribution is 2.23. The SMILES string of the molecule is CC(C)CNC(=O)Cc1cccc(N(Cc2ccccc2)C(=O)c2ccc(F)cc2F)c1. The van der Waals surface area contributed by atoms with Crippen LogP contribution in [0.15, 0.2) is 72.8 Å². The quantitative estimate of drug-likeness (QED) is 0.532. The van der Waals surface area contributed by atoms with Crippen LogP contribution in [0.2, 0.25) is 0 Å². The normalized spacial score (nSPS) is 10.8. The van der Waals surface area contributed by atoms with Crippen LogP contribution in [0, 0.1) is 17.6 Å². The van der Waals surface area contributed by atoms with Crippen LogP contribution in [-0.4, -0.2) is 18.4 Å². The van der Waals surface area contributed by atoms with Crippen LogP contribution in [0.1, 0.15) is 35.3 Å². The van der Waals surface area contributed by atoms with Gasteiger partial charge in [0.1, 0.15) is 11.6 Å². The lowest BCUT2D eigenvalue weighted by Gasteiger charge is -2.24. The molecule has 3 aromatic carbocycles. The molecule has 0 heterocycles. The maximum Gasteiger partial charge on any atom is 0.261 e. The number of amides is 2. The Morgan fingerprint density at radius 3 is 2.31 bits per heavy atom. The minimum Gasteiger partial charge on any atom is -0.356 e. The summed E-state index contributed by atoms with van der Waals surface area (Å²) in [6, 6.07) is 19.3. The van der Waals surface area contributed by atoms with Gasteiger partial charge in [-0.25, -0.2) is 8.78 Å². The van der Waals surface area contributed by atoms with Crippen molar-refractivity contribution in [3.63, 3.8) is 0 Å². The summed E-state index contributed by atoms with van der Waals surface area (Å²) in [5, 5.41) is 2.88. The summed E-state index contributed by atoms with van der Waals surface area (Å²) in [7, 11) is 0. The Balaban J connectivity index is 1.91. The summed E-state index contributed by atoms with van der Waals surface area (Å²) in [6.07, 6.45) is 0.166. The van der Waals surface area contributed by atoms with E-state index in [4.69, 9.17) is 0 Å². The summed E-state index contributed by atoms with van der Waals surface area (Å²) in [5.74, 6) is -2.02. The van der Waals surface area contributed by atoms with E-state index in [0.29, 0.717) is 24.2 Å². The van der Waals surface area contributed by atoms with Gasteiger partial charge in [-0.2, -0.15) is 0 Å². The third-order valence-electron chi connectivity index (χ3n) is 4.88. The molecule has 3 rings (SSSR count). The lowest BCUT2D eigenvalue weighted by Crippen LogP contribution is -2.31. The van der Waals surface area contributed by atoms with Crippen LogP contribution in [0.5, 0.6) is 0 Å². The van der Waals surface area contributed by atoms with Crippen molar-refractivity contribution in [2.45, 2.75) is 26.8 Å². The van der Waals surface area contributed by atoms with E-state index >= 15 is 0 Å². The number of hydrogen-bond donors (Lipinski definition) is 1. The number of carbonyl (C=O) groups excluding carboxylic acids is 2. The molecule has 0 aliphatic rings. The molecular formula is C26H26F2N2O2. The minimum atomic E-state index is -0.919. The van der Waals surface area contributed by atoms with Crippen molar-refractivity contribution in [3.8, 4) is 0 Å². The second-order valence-corrected chi connectivity index (χ2v) is 8.05. The van der Waals surface area contributed by atoms with Gasteiger partial charge in [-0.1, -0.05) is 56.3 Å². The summed E-state index contributed by atoms with van der Waals surface area (Å²) in [6.45, 7) is 4.81. The maximum absolute atomic E-state index is 14.4. The average molecular weight is 437 g/mol. The van der Waals surface area contributed by atoms with E-state index in [1.165, 1.54) is 4.90 Å². The molecule has 0 unspecified atom stereocenters. The van der Waals surface area contributed by atoms with Crippen molar-refractivity contribution in [1.82, 2.24) is 5.32 Å². The Morgan fingerprint density at radius 2 is 1.62 bits per heavy atom. The van der Waals surface area contributed by atoms with Gasteiger partial charge < -0.3 is 10.2 Å². The number of rotatable bonds is 8. The van der Waals surface area contributed by atoms with E-state index < -0.39 is 17.5 Å². The zero-order valence-electron chi connectivity index (χ0n) is 18.1. The van der Waals surface area contributed by atoms with Crippen molar-refractivity contribution in [2.75, 3.05) is 11.4 Å². The van der Waals surface area contributed by atoms with Gasteiger partial charge in [-0.3, -0.25) is 9.59 Å². The highest BCUT2D eigenvalue weighted by atomic mass is 19.1. The Hall–Kier alpha value is -3.54. The molecule has 4 nitrogen and oxygen atoms in total. The van der Waals surface area contributed by atoms with E-state index in [9.17, 15) is 18.4 Å². The highest BCUT2D eigenvalue weighted by Gasteiger charge is 2.22. The van der Waals surface area contributed by atoms with Gasteiger partial charge in [0.25, 0.3) is 5.91 Å². The molecule has 0 saturated carbocycles. The molecule has 0 aromatic heterocycles. The Kier molecular flexibility index (Phi) is 7.71. The van der Waals surface area contributed by atoms with Crippen molar-refractivity contribution in [1.29, 1.82) is 0 Å². The number of halogens is 2. The number of carbonyl (C=O) groups is 2. The van der Waals surface area contributed by atoms with Gasteiger partial charge in [0.05, 0.1) is 18.5 Å². The number of benzene rings is 3. The molecule has 3 aromatic rings. The fourth-order valence-electron chi connectivity index (χ4n) is 3.25. The first-order valence-electron chi connectivity index (χ1n) is 10.5. The lowest BCUT2D eigenvalue weighted by atomic mass is 10.1. The Morgan fingerprint density at radius 1 is 0.906 bits per heavy atom. The monoisotopic (exact) mass is 436 g/mol. The molecule has 0 fully saturated rings. The van der Waals surface area contributed by atoms with Gasteiger partial charge in [0.15, 0.2) is 0 Å². The first-order chi connectivity index (χ1) is 15.3. The molecule has 6 heteroatoms. The second kappa shape index (κ2) is 10.7. The lowest BCUT2D eigenvalue weighted by molar-refractivity contribution is -0.120. The number of hydrogen-bond acceptors (Lipinski definition) is 2. The van der Waals surface area contributed by atoms with Crippen LogP contribution >= 0.6 is 0 Å². The zero-order chi connectivity index (χ0) is 23.1. The Labute approximate surface area is 186 Å². The van der Waals surface area contributed by atoms with E-state index in [1.54, 1.807) is 18.2 Å². The van der Waals surface area contributed by atoms with Gasteiger partial charge in [-0.15, -0.1) is 0 Å². The molecule has 0 aliphatic carbocycles. The Bertz CT molecular complexity index is 1080. The standard InChI is InChI=1S/C26H26F2N2O2/c1-18(2)16-29-25(31)14-20-9-6-10-22(13-20)30(17-19-7-4-3-5-8-19)26(32)23-12-11-21(27)15-24(23)28/h3-13,15,18H,14,16-17H2,1-2H3,(H,29,31). The summed E-state index contributed by atoms with van der Waals surface area (Å²) >= 11 is 0. The van der Waals surface area contributed by atoms with Crippen LogP contribution < -0.4 is 10.2 Å². The number of anilines is 1. The smallest absolute Gasteiger partial charge is 0.261 e. The molecule has 0 saturated heterocycles. The molecule has 0 atom stereocenters. The maximum atomic E-state index is 14.4. The predicted molar refractivity (Wildman–Crippen MR) is 121 cm³/mol. The van der Waals surface area contributed by atoms with Crippen molar-refractivity contribution < 1.29 is 18.4 Å². The van der Waals surface area contributed by atoms with Crippen LogP contribution in [-0.2, 0) is 17.8 Å². The van der Waals surface area contributed by atoms with Gasteiger partial charge >= 0.3 is 0 Å². The third-order valence-corrected chi connectivity index (χ3v) is 4.88. The van der Waals surface area contributed by atoms with Gasteiger partial charge in [-0.05, 0) is 41.3 Å². The van der Waals surface area contributed by atoms with E-state index in [-0.39, 0.29) is 24.4 Å². The highest BCUT2D eigenvalue weighted by molar-refractivity contribution is 6.06. The fraction of sp³-hybridized carbons (Fsp3) is 0.231. The second-order valence-electron chi connectivity index (χ2n) is 8.05. The first-order valence-corrected chi connectivity index (χ1v) is 10.5. The average Bonchev–Trinajstić information content (AvgIpc) is 2.76. The van der Waals surface area contributed by atoms with Crippen molar-refractivity contribution in [3.05, 3.63) is 101 Å². The largest absolute Gasteiger partial charge is 0.356 e. The molecule has 2 amide bonds. The van der Waals surface area contributed by atoms with E-state index in [0.717, 1.165) is 23.3 Å². The number of nitrogens with one attached hydrogen (secondary N) is 1. The summed E-state index contributed by atoms with van der Waals surface area (Å²) in [4.78, 5) is 27.0. The molecule has 32 heavy (non-hydrogen) atoms.